The Bertz CT molecular complexity index is 1090. The summed E-state index contributed by atoms with van der Waals surface area (Å²) in [6.45, 7) is 0.287. The van der Waals surface area contributed by atoms with E-state index >= 15 is 0 Å². The lowest BCUT2D eigenvalue weighted by molar-refractivity contribution is 0.100. The van der Waals surface area contributed by atoms with Gasteiger partial charge in [-0.25, -0.2) is 0 Å². The average molecular weight is 377 g/mol. The number of ether oxygens (including phenoxy) is 1. The van der Waals surface area contributed by atoms with Gasteiger partial charge in [-0.1, -0.05) is 24.3 Å². The summed E-state index contributed by atoms with van der Waals surface area (Å²) < 4.78 is 6.63. The quantitative estimate of drug-likeness (QED) is 0.688. The molecule has 28 heavy (non-hydrogen) atoms. The molecule has 0 spiro atoms. The van der Waals surface area contributed by atoms with Gasteiger partial charge in [-0.3, -0.25) is 14.4 Å². The minimum absolute atomic E-state index is 0.209. The van der Waals surface area contributed by atoms with Crippen LogP contribution in [0.4, 0.5) is 5.69 Å². The Morgan fingerprint density at radius 3 is 2.61 bits per heavy atom. The predicted molar refractivity (Wildman–Crippen MR) is 106 cm³/mol. The molecule has 3 N–H and O–H groups in total. The first-order valence-electron chi connectivity index (χ1n) is 8.51. The number of amides is 2. The third kappa shape index (κ3) is 4.27. The fourth-order valence-electron chi connectivity index (χ4n) is 2.76. The Kier molecular flexibility index (Phi) is 5.55. The molecule has 7 nitrogen and oxygen atoms in total. The van der Waals surface area contributed by atoms with E-state index in [1.807, 2.05) is 24.3 Å². The van der Waals surface area contributed by atoms with Gasteiger partial charge in [-0.15, -0.1) is 0 Å². The number of nitrogens with one attached hydrogen (secondary N) is 1. The van der Waals surface area contributed by atoms with Crippen LogP contribution in [0, 0.1) is 0 Å². The number of methoxy groups -OCH3 is 1. The Hall–Kier alpha value is -3.87. The number of para-hydroxylation sites is 1. The maximum atomic E-state index is 12.6. The maximum Gasteiger partial charge on any atom is 0.257 e. The average Bonchev–Trinajstić information content (AvgIpc) is 2.70. The number of carbonyl (C=O) groups is 2. The van der Waals surface area contributed by atoms with Gasteiger partial charge in [0.25, 0.3) is 17.4 Å². The molecule has 0 bridgehead atoms. The van der Waals surface area contributed by atoms with Gasteiger partial charge in [0, 0.05) is 12.3 Å². The van der Waals surface area contributed by atoms with E-state index in [0.29, 0.717) is 11.4 Å². The fraction of sp³-hybridized carbons (Fsp3) is 0.0952. The molecule has 3 rings (SSSR count). The van der Waals surface area contributed by atoms with Gasteiger partial charge in [-0.2, -0.15) is 0 Å². The smallest absolute Gasteiger partial charge is 0.257 e. The van der Waals surface area contributed by atoms with Crippen molar-refractivity contribution in [3.63, 3.8) is 0 Å². The van der Waals surface area contributed by atoms with E-state index in [1.54, 1.807) is 25.3 Å². The van der Waals surface area contributed by atoms with E-state index in [4.69, 9.17) is 10.5 Å². The van der Waals surface area contributed by atoms with Crippen molar-refractivity contribution >= 4 is 17.5 Å². The van der Waals surface area contributed by atoms with Crippen LogP contribution >= 0.6 is 0 Å². The molecule has 2 amide bonds. The number of primary amides is 1. The Labute approximate surface area is 161 Å². The van der Waals surface area contributed by atoms with Crippen molar-refractivity contribution in [1.82, 2.24) is 4.57 Å². The van der Waals surface area contributed by atoms with E-state index in [0.717, 1.165) is 5.56 Å². The number of carbonyl (C=O) groups excluding carboxylic acids is 2. The molecule has 2 aromatic carbocycles. The highest BCUT2D eigenvalue weighted by molar-refractivity contribution is 6.08. The van der Waals surface area contributed by atoms with Crippen LogP contribution in [0.15, 0.2) is 71.7 Å². The monoisotopic (exact) mass is 377 g/mol. The number of nitrogens with zero attached hydrogens (tertiary/aromatic N) is 1. The molecule has 7 heteroatoms. The van der Waals surface area contributed by atoms with Crippen LogP contribution in [0.5, 0.6) is 5.75 Å². The van der Waals surface area contributed by atoms with Crippen LogP contribution in [0.1, 0.15) is 26.3 Å². The summed E-state index contributed by atoms with van der Waals surface area (Å²) in [4.78, 5) is 36.3. The molecule has 0 aliphatic heterocycles. The van der Waals surface area contributed by atoms with Crippen LogP contribution in [0.3, 0.4) is 0 Å². The number of benzene rings is 2. The highest BCUT2D eigenvalue weighted by Crippen LogP contribution is 2.16. The molecule has 0 unspecified atom stereocenters. The standard InChI is InChI=1S/C21H19N3O4/c1-28-16-6-4-5-14(11-16)12-24-13-15(9-10-19(24)25)21(27)23-18-8-3-2-7-17(18)20(22)26/h2-11,13H,12H2,1H3,(H2,22,26)(H,23,27). The SMILES string of the molecule is COc1cccc(Cn2cc(C(=O)Nc3ccccc3C(N)=O)ccc2=O)c1. The lowest BCUT2D eigenvalue weighted by Crippen LogP contribution is -2.23. The summed E-state index contributed by atoms with van der Waals surface area (Å²) in [5.74, 6) is -0.408. The Balaban J connectivity index is 1.85. The number of anilines is 1. The summed E-state index contributed by atoms with van der Waals surface area (Å²) in [6, 6.07) is 16.6. The van der Waals surface area contributed by atoms with Crippen molar-refractivity contribution in [3.8, 4) is 5.75 Å². The van der Waals surface area contributed by atoms with Crippen molar-refractivity contribution in [2.75, 3.05) is 12.4 Å². The zero-order valence-electron chi connectivity index (χ0n) is 15.2. The first kappa shape index (κ1) is 18.9. The minimum atomic E-state index is -0.640. The molecule has 142 valence electrons. The molecule has 0 aliphatic carbocycles. The van der Waals surface area contributed by atoms with Gasteiger partial charge in [0.15, 0.2) is 0 Å². The first-order valence-corrected chi connectivity index (χ1v) is 8.51. The molecule has 0 saturated heterocycles. The predicted octanol–water partition coefficient (Wildman–Crippen LogP) is 2.26. The second-order valence-electron chi connectivity index (χ2n) is 6.10. The maximum absolute atomic E-state index is 12.6. The molecular weight excluding hydrogens is 358 g/mol. The van der Waals surface area contributed by atoms with Gasteiger partial charge in [-0.05, 0) is 35.9 Å². The first-order chi connectivity index (χ1) is 13.5. The normalized spacial score (nSPS) is 10.3. The van der Waals surface area contributed by atoms with Crippen molar-refractivity contribution in [2.45, 2.75) is 6.54 Å². The van der Waals surface area contributed by atoms with Crippen LogP contribution in [0.2, 0.25) is 0 Å². The van der Waals surface area contributed by atoms with Crippen LogP contribution < -0.4 is 21.3 Å². The molecule has 0 saturated carbocycles. The molecule has 1 aromatic heterocycles. The van der Waals surface area contributed by atoms with Gasteiger partial charge in [0.05, 0.1) is 30.5 Å². The fourth-order valence-corrected chi connectivity index (χ4v) is 2.76. The summed E-state index contributed by atoms with van der Waals surface area (Å²) in [7, 11) is 1.57. The van der Waals surface area contributed by atoms with E-state index in [2.05, 4.69) is 5.32 Å². The van der Waals surface area contributed by atoms with Crippen LogP contribution in [-0.2, 0) is 6.54 Å². The van der Waals surface area contributed by atoms with Crippen molar-refractivity contribution < 1.29 is 14.3 Å². The second-order valence-corrected chi connectivity index (χ2v) is 6.10. The molecule has 0 atom stereocenters. The van der Waals surface area contributed by atoms with Crippen molar-refractivity contribution in [3.05, 3.63) is 93.9 Å². The number of rotatable bonds is 6. The van der Waals surface area contributed by atoms with Crippen molar-refractivity contribution in [1.29, 1.82) is 0 Å². The number of pyridine rings is 1. The lowest BCUT2D eigenvalue weighted by atomic mass is 10.1. The van der Waals surface area contributed by atoms with Gasteiger partial charge in [0.2, 0.25) is 0 Å². The van der Waals surface area contributed by atoms with E-state index < -0.39 is 11.8 Å². The summed E-state index contributed by atoms with van der Waals surface area (Å²) in [5, 5.41) is 2.66. The highest BCUT2D eigenvalue weighted by Gasteiger charge is 2.13. The van der Waals surface area contributed by atoms with Gasteiger partial charge >= 0.3 is 0 Å². The number of hydrogen-bond acceptors (Lipinski definition) is 4. The number of aromatic nitrogens is 1. The zero-order chi connectivity index (χ0) is 20.1. The van der Waals surface area contributed by atoms with Crippen LogP contribution in [-0.4, -0.2) is 23.5 Å². The van der Waals surface area contributed by atoms with E-state index in [1.165, 1.54) is 29.0 Å². The minimum Gasteiger partial charge on any atom is -0.497 e. The van der Waals surface area contributed by atoms with Gasteiger partial charge in [0.1, 0.15) is 5.75 Å². The van der Waals surface area contributed by atoms with E-state index in [-0.39, 0.29) is 23.2 Å². The van der Waals surface area contributed by atoms with Crippen molar-refractivity contribution in [2.24, 2.45) is 5.73 Å². The number of nitrogens with two attached hydrogens (primary N) is 1. The largest absolute Gasteiger partial charge is 0.497 e. The summed E-state index contributed by atoms with van der Waals surface area (Å²) in [5.41, 5.74) is 6.76. The van der Waals surface area contributed by atoms with Gasteiger partial charge < -0.3 is 20.4 Å². The molecule has 0 fully saturated rings. The zero-order valence-corrected chi connectivity index (χ0v) is 15.2. The third-order valence-electron chi connectivity index (χ3n) is 4.17. The molecule has 3 aromatic rings. The molecule has 1 heterocycles. The Morgan fingerprint density at radius 1 is 1.07 bits per heavy atom. The summed E-state index contributed by atoms with van der Waals surface area (Å²) >= 11 is 0. The summed E-state index contributed by atoms with van der Waals surface area (Å²) in [6.07, 6.45) is 1.48. The third-order valence-corrected chi connectivity index (χ3v) is 4.17. The van der Waals surface area contributed by atoms with Crippen LogP contribution in [0.25, 0.3) is 0 Å². The lowest BCUT2D eigenvalue weighted by Gasteiger charge is -2.11. The molecular formula is C21H19N3O4. The van der Waals surface area contributed by atoms with E-state index in [9.17, 15) is 14.4 Å². The second kappa shape index (κ2) is 8.22. The highest BCUT2D eigenvalue weighted by atomic mass is 16.5. The topological polar surface area (TPSA) is 103 Å². The number of hydrogen-bond donors (Lipinski definition) is 2. The Morgan fingerprint density at radius 2 is 1.86 bits per heavy atom. The molecule has 0 aliphatic rings. The molecule has 0 radical (unpaired) electrons.